The smallest absolute Gasteiger partial charge is 0.264 e. The Kier molecular flexibility index (Phi) is 5.52. The quantitative estimate of drug-likeness (QED) is 0.781. The normalized spacial score (nSPS) is 17.2. The van der Waals surface area contributed by atoms with Gasteiger partial charge in [0.2, 0.25) is 0 Å². The van der Waals surface area contributed by atoms with E-state index in [2.05, 4.69) is 35.1 Å². The molecule has 6 heteroatoms. The number of rotatable bonds is 5. The molecule has 1 aliphatic rings. The first kappa shape index (κ1) is 18.3. The molecule has 0 aliphatic carbocycles. The summed E-state index contributed by atoms with van der Waals surface area (Å²) in [7, 11) is 0. The number of aryl methyl sites for hydroxylation is 2. The van der Waals surface area contributed by atoms with Gasteiger partial charge in [0.15, 0.2) is 11.1 Å². The zero-order valence-corrected chi connectivity index (χ0v) is 16.3. The highest BCUT2D eigenvalue weighted by molar-refractivity contribution is 8.18. The van der Waals surface area contributed by atoms with E-state index in [9.17, 15) is 4.79 Å². The molecule has 1 aromatic heterocycles. The van der Waals surface area contributed by atoms with Crippen LogP contribution in [0, 0.1) is 13.8 Å². The Morgan fingerprint density at radius 1 is 1.19 bits per heavy atom. The molecule has 2 aromatic rings. The van der Waals surface area contributed by atoms with Crippen molar-refractivity contribution < 1.29 is 9.21 Å². The molecule has 26 heavy (non-hydrogen) atoms. The lowest BCUT2D eigenvalue weighted by molar-refractivity contribution is -0.115. The highest BCUT2D eigenvalue weighted by Crippen LogP contribution is 2.30. The molecule has 0 saturated carbocycles. The third kappa shape index (κ3) is 4.02. The molecule has 1 fully saturated rings. The van der Waals surface area contributed by atoms with Gasteiger partial charge in [-0.15, -0.1) is 0 Å². The molecule has 0 radical (unpaired) electrons. The highest BCUT2D eigenvalue weighted by atomic mass is 32.2. The number of thioether (sulfide) groups is 1. The summed E-state index contributed by atoms with van der Waals surface area (Å²) in [4.78, 5) is 19.5. The summed E-state index contributed by atoms with van der Waals surface area (Å²) < 4.78 is 5.84. The second kappa shape index (κ2) is 7.83. The Bertz CT molecular complexity index is 879. The van der Waals surface area contributed by atoms with Gasteiger partial charge in [-0.1, -0.05) is 17.7 Å². The summed E-state index contributed by atoms with van der Waals surface area (Å²) in [5, 5.41) is 3.41. The van der Waals surface area contributed by atoms with E-state index in [0.29, 0.717) is 15.8 Å². The Morgan fingerprint density at radius 3 is 2.65 bits per heavy atom. The highest BCUT2D eigenvalue weighted by Gasteiger charge is 2.24. The van der Waals surface area contributed by atoms with Crippen LogP contribution in [0.15, 0.2) is 44.6 Å². The third-order valence-corrected chi connectivity index (χ3v) is 5.10. The summed E-state index contributed by atoms with van der Waals surface area (Å²) in [5.74, 6) is 1.33. The molecule has 0 unspecified atom stereocenters. The predicted octanol–water partition coefficient (Wildman–Crippen LogP) is 4.63. The number of nitrogens with zero attached hydrogens (tertiary/aromatic N) is 2. The number of anilines is 1. The fraction of sp³-hybridized carbons (Fsp3) is 0.300. The summed E-state index contributed by atoms with van der Waals surface area (Å²) in [6.07, 6.45) is 1.76. The van der Waals surface area contributed by atoms with Crippen molar-refractivity contribution in [3.05, 3.63) is 52.1 Å². The second-order valence-electron chi connectivity index (χ2n) is 6.12. The molecule has 3 rings (SSSR count). The Morgan fingerprint density at radius 2 is 1.96 bits per heavy atom. The second-order valence-corrected chi connectivity index (χ2v) is 7.15. The van der Waals surface area contributed by atoms with Crippen LogP contribution in [0.2, 0.25) is 0 Å². The van der Waals surface area contributed by atoms with Crippen LogP contribution in [0.25, 0.3) is 6.08 Å². The summed E-state index contributed by atoms with van der Waals surface area (Å²) in [5.41, 5.74) is 3.14. The number of aliphatic imine (C=N–C) groups is 1. The lowest BCUT2D eigenvalue weighted by atomic mass is 10.1. The van der Waals surface area contributed by atoms with E-state index < -0.39 is 0 Å². The molecule has 5 nitrogen and oxygen atoms in total. The lowest BCUT2D eigenvalue weighted by Crippen LogP contribution is -2.20. The van der Waals surface area contributed by atoms with E-state index in [1.807, 2.05) is 38.1 Å². The molecule has 1 saturated heterocycles. The van der Waals surface area contributed by atoms with Crippen molar-refractivity contribution >= 4 is 40.5 Å². The van der Waals surface area contributed by atoms with Crippen LogP contribution >= 0.6 is 11.8 Å². The van der Waals surface area contributed by atoms with Gasteiger partial charge < -0.3 is 14.6 Å². The molecule has 1 aliphatic heterocycles. The van der Waals surface area contributed by atoms with Crippen LogP contribution in [0.3, 0.4) is 0 Å². The molecular formula is C20H23N3O2S. The van der Waals surface area contributed by atoms with Crippen molar-refractivity contribution in [2.24, 2.45) is 4.99 Å². The minimum atomic E-state index is -0.153. The first-order valence-corrected chi connectivity index (χ1v) is 9.53. The minimum absolute atomic E-state index is 0.153. The van der Waals surface area contributed by atoms with Gasteiger partial charge in [-0.3, -0.25) is 4.79 Å². The van der Waals surface area contributed by atoms with Crippen LogP contribution in [0.4, 0.5) is 11.6 Å². The number of amidine groups is 1. The largest absolute Gasteiger partial charge is 0.441 e. The van der Waals surface area contributed by atoms with Gasteiger partial charge in [0.25, 0.3) is 5.91 Å². The topological polar surface area (TPSA) is 57.8 Å². The van der Waals surface area contributed by atoms with Crippen molar-refractivity contribution in [3.63, 3.8) is 0 Å². The predicted molar refractivity (Wildman–Crippen MR) is 109 cm³/mol. The number of benzene rings is 1. The molecule has 0 atom stereocenters. The molecule has 1 amide bonds. The number of amides is 1. The summed E-state index contributed by atoms with van der Waals surface area (Å²) in [6.45, 7) is 9.99. The standard InChI is InChI=1S/C20H23N3O2S/c1-5-23(6-2)18-10-8-15(25-18)12-17-19(24)22-20(26-17)21-16-9-7-13(3)11-14(16)4/h7-12H,5-6H2,1-4H3,(H,21,22,24)/b17-12+. The maximum atomic E-state index is 12.2. The molecular weight excluding hydrogens is 346 g/mol. The SMILES string of the molecule is CCN(CC)c1ccc(/C=C2/SC(=Nc3ccc(C)cc3C)NC2=O)o1. The van der Waals surface area contributed by atoms with E-state index >= 15 is 0 Å². The van der Waals surface area contributed by atoms with Crippen molar-refractivity contribution in [1.29, 1.82) is 0 Å². The molecule has 0 bridgehead atoms. The van der Waals surface area contributed by atoms with Gasteiger partial charge in [-0.25, -0.2) is 4.99 Å². The minimum Gasteiger partial charge on any atom is -0.441 e. The van der Waals surface area contributed by atoms with Crippen LogP contribution < -0.4 is 10.2 Å². The van der Waals surface area contributed by atoms with Crippen molar-refractivity contribution in [2.45, 2.75) is 27.7 Å². The molecule has 1 N–H and O–H groups in total. The monoisotopic (exact) mass is 369 g/mol. The summed E-state index contributed by atoms with van der Waals surface area (Å²) in [6, 6.07) is 9.88. The Hall–Kier alpha value is -2.47. The first-order valence-electron chi connectivity index (χ1n) is 8.71. The number of carbonyl (C=O) groups is 1. The van der Waals surface area contributed by atoms with Gasteiger partial charge in [0.1, 0.15) is 5.76 Å². The Balaban J connectivity index is 1.79. The number of hydrogen-bond acceptors (Lipinski definition) is 5. The number of furan rings is 1. The Labute approximate surface area is 158 Å². The van der Waals surface area contributed by atoms with Crippen molar-refractivity contribution in [1.82, 2.24) is 5.32 Å². The van der Waals surface area contributed by atoms with E-state index in [4.69, 9.17) is 4.42 Å². The third-order valence-electron chi connectivity index (χ3n) is 4.19. The van der Waals surface area contributed by atoms with Gasteiger partial charge in [-0.2, -0.15) is 0 Å². The zero-order chi connectivity index (χ0) is 18.7. The van der Waals surface area contributed by atoms with E-state index in [1.165, 1.54) is 17.3 Å². The average Bonchev–Trinajstić information content (AvgIpc) is 3.19. The van der Waals surface area contributed by atoms with Crippen molar-refractivity contribution in [3.8, 4) is 0 Å². The van der Waals surface area contributed by atoms with Crippen LogP contribution in [-0.2, 0) is 4.79 Å². The fourth-order valence-electron chi connectivity index (χ4n) is 2.77. The number of nitrogens with one attached hydrogen (secondary N) is 1. The van der Waals surface area contributed by atoms with Crippen LogP contribution in [-0.4, -0.2) is 24.2 Å². The van der Waals surface area contributed by atoms with Gasteiger partial charge in [0, 0.05) is 25.2 Å². The van der Waals surface area contributed by atoms with E-state index in [1.54, 1.807) is 6.08 Å². The molecule has 1 aromatic carbocycles. The maximum absolute atomic E-state index is 12.2. The van der Waals surface area contributed by atoms with E-state index in [0.717, 1.165) is 30.2 Å². The van der Waals surface area contributed by atoms with Gasteiger partial charge in [0.05, 0.1) is 10.6 Å². The fourth-order valence-corrected chi connectivity index (χ4v) is 3.59. The zero-order valence-electron chi connectivity index (χ0n) is 15.5. The first-order chi connectivity index (χ1) is 12.5. The lowest BCUT2D eigenvalue weighted by Gasteiger charge is -2.16. The summed E-state index contributed by atoms with van der Waals surface area (Å²) >= 11 is 1.33. The van der Waals surface area contributed by atoms with Gasteiger partial charge >= 0.3 is 0 Å². The molecule has 0 spiro atoms. The molecule has 2 heterocycles. The van der Waals surface area contributed by atoms with Crippen LogP contribution in [0.5, 0.6) is 0 Å². The van der Waals surface area contributed by atoms with Gasteiger partial charge in [-0.05, 0) is 57.2 Å². The van der Waals surface area contributed by atoms with Crippen molar-refractivity contribution in [2.75, 3.05) is 18.0 Å². The van der Waals surface area contributed by atoms with Crippen LogP contribution in [0.1, 0.15) is 30.7 Å². The van der Waals surface area contributed by atoms with E-state index in [-0.39, 0.29) is 5.91 Å². The molecule has 136 valence electrons. The number of carbonyl (C=O) groups excluding carboxylic acids is 1. The number of hydrogen-bond donors (Lipinski definition) is 1. The average molecular weight is 369 g/mol. The maximum Gasteiger partial charge on any atom is 0.264 e.